The van der Waals surface area contributed by atoms with Gasteiger partial charge < -0.3 is 19.1 Å². The topological polar surface area (TPSA) is 33.5 Å². The third kappa shape index (κ3) is 5.80. The molecule has 0 aliphatic carbocycles. The number of imidazole rings is 1. The van der Waals surface area contributed by atoms with Crippen LogP contribution in [0.5, 0.6) is 5.75 Å². The first-order valence-electron chi connectivity index (χ1n) is 9.01. The molecule has 1 aromatic carbocycles. The van der Waals surface area contributed by atoms with Crippen molar-refractivity contribution < 1.29 is 4.74 Å². The average molecular weight is 332 g/mol. The van der Waals surface area contributed by atoms with Crippen molar-refractivity contribution >= 4 is 11.0 Å². The van der Waals surface area contributed by atoms with Crippen LogP contribution in [0.2, 0.25) is 0 Å². The lowest BCUT2D eigenvalue weighted by Gasteiger charge is -2.15. The van der Waals surface area contributed by atoms with Crippen molar-refractivity contribution in [3.8, 4) is 5.75 Å². The van der Waals surface area contributed by atoms with Gasteiger partial charge in [0.25, 0.3) is 0 Å². The molecular weight excluding hydrogens is 300 g/mol. The van der Waals surface area contributed by atoms with Gasteiger partial charge in [0.15, 0.2) is 0 Å². The molecule has 0 bridgehead atoms. The highest BCUT2D eigenvalue weighted by Crippen LogP contribution is 2.20. The fourth-order valence-electron chi connectivity index (χ4n) is 2.88. The lowest BCUT2D eigenvalue weighted by Crippen LogP contribution is -2.21. The monoisotopic (exact) mass is 332 g/mol. The number of hydrogen-bond acceptors (Lipinski definition) is 4. The fraction of sp³-hybridized carbons (Fsp3) is 0.632. The zero-order valence-electron chi connectivity index (χ0n) is 15.7. The first-order valence-corrected chi connectivity index (χ1v) is 9.01. The lowest BCUT2D eigenvalue weighted by molar-refractivity contribution is 0.263. The molecule has 24 heavy (non-hydrogen) atoms. The van der Waals surface area contributed by atoms with Crippen LogP contribution in [0.3, 0.4) is 0 Å². The predicted octanol–water partition coefficient (Wildman–Crippen LogP) is 3.10. The Bertz CT molecular complexity index is 608. The number of nitrogens with zero attached hydrogens (tertiary/aromatic N) is 4. The highest BCUT2D eigenvalue weighted by molar-refractivity contribution is 5.77. The third-order valence-corrected chi connectivity index (χ3v) is 4.16. The summed E-state index contributed by atoms with van der Waals surface area (Å²) in [5.41, 5.74) is 2.20. The Morgan fingerprint density at radius 1 is 1.08 bits per heavy atom. The van der Waals surface area contributed by atoms with Gasteiger partial charge in [-0.15, -0.1) is 0 Å². The Morgan fingerprint density at radius 3 is 2.67 bits per heavy atom. The van der Waals surface area contributed by atoms with Crippen LogP contribution in [-0.4, -0.2) is 66.7 Å². The Balaban J connectivity index is 1.87. The van der Waals surface area contributed by atoms with Gasteiger partial charge in [-0.2, -0.15) is 0 Å². The van der Waals surface area contributed by atoms with Crippen molar-refractivity contribution in [1.82, 2.24) is 19.4 Å². The highest BCUT2D eigenvalue weighted by atomic mass is 16.5. The summed E-state index contributed by atoms with van der Waals surface area (Å²) in [6, 6.07) is 6.19. The van der Waals surface area contributed by atoms with E-state index in [-0.39, 0.29) is 0 Å². The van der Waals surface area contributed by atoms with Gasteiger partial charge in [0, 0.05) is 19.2 Å². The molecule has 0 saturated carbocycles. The van der Waals surface area contributed by atoms with Gasteiger partial charge >= 0.3 is 0 Å². The Hall–Kier alpha value is -1.59. The van der Waals surface area contributed by atoms with Gasteiger partial charge in [0.2, 0.25) is 0 Å². The van der Waals surface area contributed by atoms with Crippen molar-refractivity contribution in [2.45, 2.75) is 32.7 Å². The van der Waals surface area contributed by atoms with Gasteiger partial charge in [-0.3, -0.25) is 0 Å². The summed E-state index contributed by atoms with van der Waals surface area (Å²) in [6.07, 6.45) is 5.31. The van der Waals surface area contributed by atoms with Crippen molar-refractivity contribution in [2.75, 3.05) is 47.4 Å². The van der Waals surface area contributed by atoms with Crippen LogP contribution in [0.4, 0.5) is 0 Å². The summed E-state index contributed by atoms with van der Waals surface area (Å²) in [5, 5.41) is 0. The first-order chi connectivity index (χ1) is 11.6. The van der Waals surface area contributed by atoms with Crippen LogP contribution in [0.1, 0.15) is 26.2 Å². The van der Waals surface area contributed by atoms with Gasteiger partial charge in [-0.1, -0.05) is 6.92 Å². The maximum atomic E-state index is 5.93. The summed E-state index contributed by atoms with van der Waals surface area (Å²) in [6.45, 7) is 7.27. The zero-order chi connectivity index (χ0) is 17.4. The van der Waals surface area contributed by atoms with E-state index in [2.05, 4.69) is 59.6 Å². The van der Waals surface area contributed by atoms with Gasteiger partial charge in [-0.05, 0) is 65.6 Å². The number of benzene rings is 1. The van der Waals surface area contributed by atoms with Crippen LogP contribution < -0.4 is 4.74 Å². The molecule has 134 valence electrons. The molecule has 0 spiro atoms. The van der Waals surface area contributed by atoms with Gasteiger partial charge in [0.1, 0.15) is 5.75 Å². The Morgan fingerprint density at radius 2 is 1.92 bits per heavy atom. The van der Waals surface area contributed by atoms with Gasteiger partial charge in [-0.25, -0.2) is 4.98 Å². The third-order valence-electron chi connectivity index (χ3n) is 4.16. The van der Waals surface area contributed by atoms with Crippen LogP contribution in [0, 0.1) is 0 Å². The van der Waals surface area contributed by atoms with E-state index in [1.807, 2.05) is 12.4 Å². The lowest BCUT2D eigenvalue weighted by atomic mass is 10.3. The SMILES string of the molecule is CCCN(C)CCCOc1ccc2ncn(CCCN(C)C)c2c1. The fourth-order valence-corrected chi connectivity index (χ4v) is 2.88. The molecule has 1 heterocycles. The molecule has 0 fully saturated rings. The number of aryl methyl sites for hydroxylation is 1. The molecule has 5 heteroatoms. The van der Waals surface area contributed by atoms with Crippen LogP contribution in [0.25, 0.3) is 11.0 Å². The standard InChI is InChI=1S/C19H32N4O/c1-5-10-22(4)12-7-14-24-17-8-9-18-19(15-17)23(16-20-18)13-6-11-21(2)3/h8-9,15-16H,5-7,10-14H2,1-4H3. The minimum absolute atomic E-state index is 0.758. The van der Waals surface area contributed by atoms with E-state index in [1.54, 1.807) is 0 Å². The molecule has 2 aromatic rings. The number of ether oxygens (including phenoxy) is 1. The maximum Gasteiger partial charge on any atom is 0.121 e. The summed E-state index contributed by atoms with van der Waals surface area (Å²) < 4.78 is 8.16. The molecule has 0 N–H and O–H groups in total. The summed E-state index contributed by atoms with van der Waals surface area (Å²) >= 11 is 0. The molecule has 0 radical (unpaired) electrons. The van der Waals surface area contributed by atoms with Gasteiger partial charge in [0.05, 0.1) is 24.0 Å². The number of aromatic nitrogens is 2. The Labute approximate surface area is 146 Å². The second-order valence-electron chi connectivity index (χ2n) is 6.75. The molecular formula is C19H32N4O. The van der Waals surface area contributed by atoms with E-state index in [9.17, 15) is 0 Å². The Kier molecular flexibility index (Phi) is 7.53. The van der Waals surface area contributed by atoms with Crippen molar-refractivity contribution in [2.24, 2.45) is 0 Å². The predicted molar refractivity (Wildman–Crippen MR) is 101 cm³/mol. The minimum Gasteiger partial charge on any atom is -0.493 e. The summed E-state index contributed by atoms with van der Waals surface area (Å²) in [4.78, 5) is 9.05. The van der Waals surface area contributed by atoms with Crippen LogP contribution in [0.15, 0.2) is 24.5 Å². The second-order valence-corrected chi connectivity index (χ2v) is 6.75. The molecule has 2 rings (SSSR count). The molecule has 0 atom stereocenters. The first kappa shape index (κ1) is 18.7. The molecule has 0 aliphatic rings. The maximum absolute atomic E-state index is 5.93. The van der Waals surface area contributed by atoms with E-state index in [4.69, 9.17) is 4.74 Å². The van der Waals surface area contributed by atoms with E-state index < -0.39 is 0 Å². The van der Waals surface area contributed by atoms with E-state index >= 15 is 0 Å². The molecule has 0 saturated heterocycles. The van der Waals surface area contributed by atoms with Crippen molar-refractivity contribution in [1.29, 1.82) is 0 Å². The normalized spacial score (nSPS) is 11.8. The van der Waals surface area contributed by atoms with Crippen LogP contribution in [-0.2, 0) is 6.54 Å². The molecule has 0 unspecified atom stereocenters. The smallest absolute Gasteiger partial charge is 0.121 e. The molecule has 5 nitrogen and oxygen atoms in total. The quantitative estimate of drug-likeness (QED) is 0.592. The van der Waals surface area contributed by atoms with E-state index in [1.165, 1.54) is 6.42 Å². The average Bonchev–Trinajstić information content (AvgIpc) is 2.94. The van der Waals surface area contributed by atoms with Crippen LogP contribution >= 0.6 is 0 Å². The van der Waals surface area contributed by atoms with Crippen molar-refractivity contribution in [3.63, 3.8) is 0 Å². The summed E-state index contributed by atoms with van der Waals surface area (Å²) in [7, 11) is 6.38. The van der Waals surface area contributed by atoms with Crippen molar-refractivity contribution in [3.05, 3.63) is 24.5 Å². The largest absolute Gasteiger partial charge is 0.493 e. The molecule has 1 aromatic heterocycles. The van der Waals surface area contributed by atoms with E-state index in [0.717, 1.165) is 62.4 Å². The number of hydrogen-bond donors (Lipinski definition) is 0. The molecule has 0 aliphatic heterocycles. The highest BCUT2D eigenvalue weighted by Gasteiger charge is 2.05. The number of rotatable bonds is 11. The number of fused-ring (bicyclic) bond motifs is 1. The zero-order valence-corrected chi connectivity index (χ0v) is 15.7. The minimum atomic E-state index is 0.758. The summed E-state index contributed by atoms with van der Waals surface area (Å²) in [5.74, 6) is 0.940. The van der Waals surface area contributed by atoms with E-state index in [0.29, 0.717) is 0 Å². The molecule has 0 amide bonds. The second kappa shape index (κ2) is 9.64.